The molecule has 0 heterocycles. The predicted molar refractivity (Wildman–Crippen MR) is 63.2 cm³/mol. The first-order valence-electron chi connectivity index (χ1n) is 5.92. The zero-order chi connectivity index (χ0) is 12.1. The number of rotatable bonds is 5. The Balaban J connectivity index is 2.22. The first kappa shape index (κ1) is 13.2. The van der Waals surface area contributed by atoms with Crippen molar-refractivity contribution in [2.45, 2.75) is 25.7 Å². The summed E-state index contributed by atoms with van der Waals surface area (Å²) in [7, 11) is 5.45. The first-order valence-corrected chi connectivity index (χ1v) is 5.92. The second-order valence-electron chi connectivity index (χ2n) is 4.87. The fourth-order valence-corrected chi connectivity index (χ4v) is 2.02. The fraction of sp³-hybridized carbons (Fsp3) is 0.833. The van der Waals surface area contributed by atoms with E-state index in [0.29, 0.717) is 12.3 Å². The first-order chi connectivity index (χ1) is 7.50. The highest BCUT2D eigenvalue weighted by Crippen LogP contribution is 2.24. The molecule has 1 amide bonds. The van der Waals surface area contributed by atoms with Gasteiger partial charge in [-0.3, -0.25) is 14.5 Å². The Morgan fingerprint density at radius 2 is 2.06 bits per heavy atom. The summed E-state index contributed by atoms with van der Waals surface area (Å²) in [6.07, 6.45) is 3.74. The zero-order valence-corrected chi connectivity index (χ0v) is 10.5. The molecular weight excluding hydrogens is 204 g/mol. The van der Waals surface area contributed by atoms with Crippen molar-refractivity contribution in [3.63, 3.8) is 0 Å². The minimum Gasteiger partial charge on any atom is -0.348 e. The van der Waals surface area contributed by atoms with E-state index < -0.39 is 0 Å². The molecule has 0 radical (unpaired) electrons. The molecule has 0 aromatic heterocycles. The molecule has 4 nitrogen and oxygen atoms in total. The van der Waals surface area contributed by atoms with Crippen LogP contribution in [0.4, 0.5) is 0 Å². The van der Waals surface area contributed by atoms with Crippen molar-refractivity contribution in [1.82, 2.24) is 9.80 Å². The summed E-state index contributed by atoms with van der Waals surface area (Å²) in [6, 6.07) is 0. The summed E-state index contributed by atoms with van der Waals surface area (Å²) in [4.78, 5) is 26.4. The minimum absolute atomic E-state index is 0.111. The van der Waals surface area contributed by atoms with Crippen LogP contribution in [0.5, 0.6) is 0 Å². The van der Waals surface area contributed by atoms with Gasteiger partial charge >= 0.3 is 0 Å². The molecule has 0 spiro atoms. The van der Waals surface area contributed by atoms with E-state index in [2.05, 4.69) is 0 Å². The molecule has 0 bridgehead atoms. The van der Waals surface area contributed by atoms with Gasteiger partial charge in [-0.1, -0.05) is 0 Å². The monoisotopic (exact) mass is 226 g/mol. The molecule has 1 aliphatic carbocycles. The SMILES string of the molecule is CN(CCC1CCCC1=O)CC(=O)N(C)C. The lowest BCUT2D eigenvalue weighted by atomic mass is 10.0. The molecule has 1 fully saturated rings. The minimum atomic E-state index is 0.111. The molecule has 0 aliphatic heterocycles. The van der Waals surface area contributed by atoms with Crippen LogP contribution in [0.3, 0.4) is 0 Å². The average molecular weight is 226 g/mol. The van der Waals surface area contributed by atoms with Gasteiger partial charge in [-0.15, -0.1) is 0 Å². The Bertz CT molecular complexity index is 264. The van der Waals surface area contributed by atoms with Crippen molar-refractivity contribution in [2.75, 3.05) is 34.2 Å². The van der Waals surface area contributed by atoms with Crippen molar-refractivity contribution < 1.29 is 9.59 Å². The normalized spacial score (nSPS) is 20.5. The summed E-state index contributed by atoms with van der Waals surface area (Å²) in [5.41, 5.74) is 0. The number of carbonyl (C=O) groups excluding carboxylic acids is 2. The number of hydrogen-bond donors (Lipinski definition) is 0. The number of carbonyl (C=O) groups is 2. The van der Waals surface area contributed by atoms with Gasteiger partial charge in [0.15, 0.2) is 0 Å². The van der Waals surface area contributed by atoms with Crippen molar-refractivity contribution in [2.24, 2.45) is 5.92 Å². The Morgan fingerprint density at radius 1 is 1.38 bits per heavy atom. The molecule has 16 heavy (non-hydrogen) atoms. The van der Waals surface area contributed by atoms with Gasteiger partial charge in [0.05, 0.1) is 6.54 Å². The molecule has 1 atom stereocenters. The fourth-order valence-electron chi connectivity index (χ4n) is 2.02. The quantitative estimate of drug-likeness (QED) is 0.695. The van der Waals surface area contributed by atoms with Crippen LogP contribution in [0.25, 0.3) is 0 Å². The van der Waals surface area contributed by atoms with Crippen LogP contribution >= 0.6 is 0 Å². The third-order valence-electron chi connectivity index (χ3n) is 3.19. The van der Waals surface area contributed by atoms with E-state index in [-0.39, 0.29) is 11.8 Å². The van der Waals surface area contributed by atoms with Gasteiger partial charge in [-0.05, 0) is 32.9 Å². The maximum Gasteiger partial charge on any atom is 0.236 e. The second kappa shape index (κ2) is 5.99. The molecule has 1 rings (SSSR count). The predicted octanol–water partition coefficient (Wildman–Crippen LogP) is 0.766. The average Bonchev–Trinajstić information content (AvgIpc) is 2.61. The molecule has 1 unspecified atom stereocenters. The lowest BCUT2D eigenvalue weighted by Gasteiger charge is -2.20. The van der Waals surface area contributed by atoms with Crippen molar-refractivity contribution in [1.29, 1.82) is 0 Å². The number of Topliss-reactive ketones (excluding diaryl/α,β-unsaturated/α-hetero) is 1. The largest absolute Gasteiger partial charge is 0.348 e. The van der Waals surface area contributed by atoms with Crippen molar-refractivity contribution >= 4 is 11.7 Å². The van der Waals surface area contributed by atoms with Gasteiger partial charge in [-0.25, -0.2) is 0 Å². The van der Waals surface area contributed by atoms with Gasteiger partial charge in [0.25, 0.3) is 0 Å². The molecule has 1 aliphatic rings. The third kappa shape index (κ3) is 3.93. The van der Waals surface area contributed by atoms with E-state index >= 15 is 0 Å². The zero-order valence-electron chi connectivity index (χ0n) is 10.5. The highest BCUT2D eigenvalue weighted by molar-refractivity contribution is 5.82. The van der Waals surface area contributed by atoms with E-state index in [1.165, 1.54) is 0 Å². The van der Waals surface area contributed by atoms with E-state index in [0.717, 1.165) is 32.2 Å². The Morgan fingerprint density at radius 3 is 2.56 bits per heavy atom. The van der Waals surface area contributed by atoms with E-state index in [1.807, 2.05) is 11.9 Å². The third-order valence-corrected chi connectivity index (χ3v) is 3.19. The summed E-state index contributed by atoms with van der Waals surface area (Å²) >= 11 is 0. The molecule has 0 saturated heterocycles. The van der Waals surface area contributed by atoms with Crippen LogP contribution in [-0.4, -0.2) is 55.7 Å². The summed E-state index contributed by atoms with van der Waals surface area (Å²) in [6.45, 7) is 1.27. The number of hydrogen-bond acceptors (Lipinski definition) is 3. The van der Waals surface area contributed by atoms with Gasteiger partial charge in [0.2, 0.25) is 5.91 Å². The highest BCUT2D eigenvalue weighted by Gasteiger charge is 2.24. The standard InChI is InChI=1S/C12H22N2O2/c1-13(2)12(16)9-14(3)8-7-10-5-4-6-11(10)15/h10H,4-9H2,1-3H3. The molecule has 0 aromatic carbocycles. The summed E-state index contributed by atoms with van der Waals surface area (Å²) in [5.74, 6) is 0.768. The number of amides is 1. The second-order valence-corrected chi connectivity index (χ2v) is 4.87. The maximum absolute atomic E-state index is 11.4. The smallest absolute Gasteiger partial charge is 0.236 e. The van der Waals surface area contributed by atoms with Crippen LogP contribution in [0.15, 0.2) is 0 Å². The molecule has 92 valence electrons. The molecule has 0 aromatic rings. The van der Waals surface area contributed by atoms with Crippen LogP contribution < -0.4 is 0 Å². The van der Waals surface area contributed by atoms with Gasteiger partial charge < -0.3 is 4.90 Å². The van der Waals surface area contributed by atoms with E-state index in [9.17, 15) is 9.59 Å². The molecule has 1 saturated carbocycles. The van der Waals surface area contributed by atoms with Crippen LogP contribution in [0.1, 0.15) is 25.7 Å². The maximum atomic E-state index is 11.4. The number of ketones is 1. The number of likely N-dealkylation sites (N-methyl/N-ethyl adjacent to an activating group) is 2. The van der Waals surface area contributed by atoms with Gasteiger partial charge in [0.1, 0.15) is 5.78 Å². The van der Waals surface area contributed by atoms with Crippen LogP contribution in [-0.2, 0) is 9.59 Å². The van der Waals surface area contributed by atoms with Crippen molar-refractivity contribution in [3.05, 3.63) is 0 Å². The Labute approximate surface area is 97.6 Å². The molecular formula is C12H22N2O2. The lowest BCUT2D eigenvalue weighted by molar-refractivity contribution is -0.129. The van der Waals surface area contributed by atoms with Crippen LogP contribution in [0.2, 0.25) is 0 Å². The number of nitrogens with zero attached hydrogens (tertiary/aromatic N) is 2. The van der Waals surface area contributed by atoms with Gasteiger partial charge in [0, 0.05) is 26.4 Å². The molecule has 0 N–H and O–H groups in total. The Kier molecular flexibility index (Phi) is 4.93. The summed E-state index contributed by atoms with van der Waals surface area (Å²) in [5, 5.41) is 0. The topological polar surface area (TPSA) is 40.6 Å². The highest BCUT2D eigenvalue weighted by atomic mass is 16.2. The van der Waals surface area contributed by atoms with E-state index in [4.69, 9.17) is 0 Å². The Hall–Kier alpha value is -0.900. The molecule has 4 heteroatoms. The van der Waals surface area contributed by atoms with Crippen LogP contribution in [0, 0.1) is 5.92 Å². The lowest BCUT2D eigenvalue weighted by Crippen LogP contribution is -2.35. The van der Waals surface area contributed by atoms with E-state index in [1.54, 1.807) is 19.0 Å². The summed E-state index contributed by atoms with van der Waals surface area (Å²) < 4.78 is 0. The van der Waals surface area contributed by atoms with Crippen molar-refractivity contribution in [3.8, 4) is 0 Å². The van der Waals surface area contributed by atoms with Gasteiger partial charge in [-0.2, -0.15) is 0 Å².